The van der Waals surface area contributed by atoms with Gasteiger partial charge < -0.3 is 15.0 Å². The summed E-state index contributed by atoms with van der Waals surface area (Å²) in [5.41, 5.74) is 2.61. The molecule has 0 spiro atoms. The van der Waals surface area contributed by atoms with Crippen molar-refractivity contribution in [3.63, 3.8) is 0 Å². The van der Waals surface area contributed by atoms with Gasteiger partial charge in [-0.15, -0.1) is 0 Å². The molecule has 0 aliphatic carbocycles. The molecular weight excluding hydrogens is 414 g/mol. The first-order valence-corrected chi connectivity index (χ1v) is 10.7. The molecule has 4 aromatic rings. The maximum absolute atomic E-state index is 12.5. The summed E-state index contributed by atoms with van der Waals surface area (Å²) in [5, 5.41) is 7.91. The van der Waals surface area contributed by atoms with Gasteiger partial charge >= 0.3 is 0 Å². The lowest BCUT2D eigenvalue weighted by Crippen LogP contribution is -2.16. The standard InChI is InChI=1S/C22H21N5O3S/c1-3-30-18-11-7-5-9-16(18)24-19(28)13-31-22-25-20-15(21(29)26-22)12-23-27(20)17-10-6-4-8-14(17)2/h4-12H,3,13H2,1-2H3,(H,24,28)(H,25,26,29). The minimum absolute atomic E-state index is 0.0768. The first-order valence-electron chi connectivity index (χ1n) is 9.75. The molecule has 31 heavy (non-hydrogen) atoms. The second-order valence-electron chi connectivity index (χ2n) is 6.72. The van der Waals surface area contributed by atoms with Crippen molar-refractivity contribution in [2.75, 3.05) is 17.7 Å². The maximum atomic E-state index is 12.5. The zero-order valence-electron chi connectivity index (χ0n) is 17.1. The number of hydrogen-bond acceptors (Lipinski definition) is 6. The van der Waals surface area contributed by atoms with Crippen LogP contribution < -0.4 is 15.6 Å². The minimum Gasteiger partial charge on any atom is -0.492 e. The third-order valence-corrected chi connectivity index (χ3v) is 5.43. The van der Waals surface area contributed by atoms with E-state index in [4.69, 9.17) is 4.74 Å². The number of benzene rings is 2. The topological polar surface area (TPSA) is 102 Å². The molecule has 0 saturated carbocycles. The lowest BCUT2D eigenvalue weighted by atomic mass is 10.2. The van der Waals surface area contributed by atoms with Crippen LogP contribution in [0.15, 0.2) is 64.7 Å². The zero-order chi connectivity index (χ0) is 21.8. The van der Waals surface area contributed by atoms with Gasteiger partial charge in [-0.3, -0.25) is 9.59 Å². The third kappa shape index (κ3) is 4.46. The zero-order valence-corrected chi connectivity index (χ0v) is 17.9. The molecule has 0 atom stereocenters. The highest BCUT2D eigenvalue weighted by atomic mass is 32.2. The molecule has 2 aromatic carbocycles. The monoisotopic (exact) mass is 435 g/mol. The van der Waals surface area contributed by atoms with E-state index in [9.17, 15) is 9.59 Å². The number of amides is 1. The van der Waals surface area contributed by atoms with E-state index in [0.717, 1.165) is 23.0 Å². The van der Waals surface area contributed by atoms with Gasteiger partial charge in [0.1, 0.15) is 11.1 Å². The van der Waals surface area contributed by atoms with Gasteiger partial charge in [-0.05, 0) is 37.6 Å². The number of fused-ring (bicyclic) bond motifs is 1. The molecule has 8 nitrogen and oxygen atoms in total. The Kier molecular flexibility index (Phi) is 6.03. The van der Waals surface area contributed by atoms with E-state index in [1.165, 1.54) is 6.20 Å². The maximum Gasteiger partial charge on any atom is 0.262 e. The van der Waals surface area contributed by atoms with Crippen molar-refractivity contribution < 1.29 is 9.53 Å². The summed E-state index contributed by atoms with van der Waals surface area (Å²) < 4.78 is 7.17. The molecule has 9 heteroatoms. The number of anilines is 1. The number of rotatable bonds is 7. The Hall–Kier alpha value is -3.59. The molecule has 4 rings (SSSR count). The largest absolute Gasteiger partial charge is 0.492 e. The van der Waals surface area contributed by atoms with Crippen LogP contribution in [0, 0.1) is 6.92 Å². The molecule has 0 aliphatic rings. The Morgan fingerprint density at radius 1 is 1.19 bits per heavy atom. The molecule has 2 aromatic heterocycles. The highest BCUT2D eigenvalue weighted by Crippen LogP contribution is 2.24. The summed E-state index contributed by atoms with van der Waals surface area (Å²) >= 11 is 1.15. The lowest BCUT2D eigenvalue weighted by Gasteiger charge is -2.11. The number of thioether (sulfide) groups is 1. The first kappa shape index (κ1) is 20.7. The number of ether oxygens (including phenoxy) is 1. The van der Waals surface area contributed by atoms with Gasteiger partial charge in [0.2, 0.25) is 5.91 Å². The molecule has 2 N–H and O–H groups in total. The van der Waals surface area contributed by atoms with Gasteiger partial charge in [0.25, 0.3) is 5.56 Å². The van der Waals surface area contributed by atoms with Crippen LogP contribution in [-0.4, -0.2) is 38.0 Å². The number of H-pyrrole nitrogens is 1. The molecule has 158 valence electrons. The molecule has 0 aliphatic heterocycles. The fraction of sp³-hybridized carbons (Fsp3) is 0.182. The number of para-hydroxylation sites is 3. The van der Waals surface area contributed by atoms with E-state index >= 15 is 0 Å². The number of carbonyl (C=O) groups excluding carboxylic acids is 1. The summed E-state index contributed by atoms with van der Waals surface area (Å²) in [5.74, 6) is 0.457. The first-order chi connectivity index (χ1) is 15.1. The Balaban J connectivity index is 1.54. The molecule has 0 fully saturated rings. The minimum atomic E-state index is -0.297. The Bertz CT molecular complexity index is 1300. The molecule has 0 saturated heterocycles. The molecule has 0 unspecified atom stereocenters. The van der Waals surface area contributed by atoms with E-state index < -0.39 is 0 Å². The number of nitrogens with one attached hydrogen (secondary N) is 2. The molecule has 1 amide bonds. The number of aryl methyl sites for hydroxylation is 1. The van der Waals surface area contributed by atoms with Crippen LogP contribution >= 0.6 is 11.8 Å². The number of nitrogens with zero attached hydrogens (tertiary/aromatic N) is 3. The average Bonchev–Trinajstić information content (AvgIpc) is 3.19. The summed E-state index contributed by atoms with van der Waals surface area (Å²) in [6.07, 6.45) is 1.50. The fourth-order valence-electron chi connectivity index (χ4n) is 3.12. The average molecular weight is 436 g/mol. The molecule has 0 radical (unpaired) electrons. The number of hydrogen-bond donors (Lipinski definition) is 2. The Morgan fingerprint density at radius 3 is 2.77 bits per heavy atom. The van der Waals surface area contributed by atoms with Crippen LogP contribution in [0.1, 0.15) is 12.5 Å². The van der Waals surface area contributed by atoms with Crippen LogP contribution in [-0.2, 0) is 4.79 Å². The number of carbonyl (C=O) groups is 1. The van der Waals surface area contributed by atoms with Gasteiger partial charge in [-0.2, -0.15) is 5.10 Å². The second-order valence-corrected chi connectivity index (χ2v) is 7.68. The number of aromatic nitrogens is 4. The highest BCUT2D eigenvalue weighted by molar-refractivity contribution is 7.99. The number of aromatic amines is 1. The van der Waals surface area contributed by atoms with Crippen LogP contribution in [0.3, 0.4) is 0 Å². The van der Waals surface area contributed by atoms with Crippen molar-refractivity contribution in [3.8, 4) is 11.4 Å². The smallest absolute Gasteiger partial charge is 0.262 e. The van der Waals surface area contributed by atoms with Crippen molar-refractivity contribution in [2.24, 2.45) is 0 Å². The quantitative estimate of drug-likeness (QED) is 0.340. The summed E-state index contributed by atoms with van der Waals surface area (Å²) in [4.78, 5) is 32.2. The van der Waals surface area contributed by atoms with Crippen molar-refractivity contribution >= 4 is 34.4 Å². The van der Waals surface area contributed by atoms with E-state index in [1.807, 2.05) is 50.2 Å². The van der Waals surface area contributed by atoms with Crippen LogP contribution in [0.4, 0.5) is 5.69 Å². The van der Waals surface area contributed by atoms with E-state index in [1.54, 1.807) is 16.8 Å². The third-order valence-electron chi connectivity index (χ3n) is 4.56. The van der Waals surface area contributed by atoms with Crippen LogP contribution in [0.2, 0.25) is 0 Å². The summed E-state index contributed by atoms with van der Waals surface area (Å²) in [7, 11) is 0. The van der Waals surface area contributed by atoms with Gasteiger partial charge in [0, 0.05) is 0 Å². The summed E-state index contributed by atoms with van der Waals surface area (Å²) in [6, 6.07) is 15.0. The predicted octanol–water partition coefficient (Wildman–Crippen LogP) is 3.55. The Morgan fingerprint density at radius 2 is 1.97 bits per heavy atom. The van der Waals surface area contributed by atoms with Gasteiger partial charge in [0.15, 0.2) is 10.8 Å². The van der Waals surface area contributed by atoms with Crippen LogP contribution in [0.5, 0.6) is 5.75 Å². The predicted molar refractivity (Wildman–Crippen MR) is 121 cm³/mol. The SMILES string of the molecule is CCOc1ccccc1NC(=O)CSc1nc2c(cnn2-c2ccccc2C)c(=O)[nH]1. The van der Waals surface area contributed by atoms with E-state index in [2.05, 4.69) is 20.4 Å². The van der Waals surface area contributed by atoms with Crippen molar-refractivity contribution in [1.82, 2.24) is 19.7 Å². The molecule has 0 bridgehead atoms. The molecule has 2 heterocycles. The van der Waals surface area contributed by atoms with E-state index in [-0.39, 0.29) is 17.2 Å². The highest BCUT2D eigenvalue weighted by Gasteiger charge is 2.14. The van der Waals surface area contributed by atoms with Gasteiger partial charge in [0.05, 0.1) is 29.9 Å². The molecular formula is C22H21N5O3S. The van der Waals surface area contributed by atoms with Crippen molar-refractivity contribution in [1.29, 1.82) is 0 Å². The van der Waals surface area contributed by atoms with E-state index in [0.29, 0.717) is 34.2 Å². The van der Waals surface area contributed by atoms with Gasteiger partial charge in [-0.1, -0.05) is 42.1 Å². The second kappa shape index (κ2) is 9.05. The lowest BCUT2D eigenvalue weighted by molar-refractivity contribution is -0.113. The van der Waals surface area contributed by atoms with Crippen molar-refractivity contribution in [2.45, 2.75) is 19.0 Å². The van der Waals surface area contributed by atoms with Crippen molar-refractivity contribution in [3.05, 3.63) is 70.6 Å². The normalized spacial score (nSPS) is 10.9. The summed E-state index contributed by atoms with van der Waals surface area (Å²) in [6.45, 7) is 4.35. The van der Waals surface area contributed by atoms with Crippen LogP contribution in [0.25, 0.3) is 16.7 Å². The Labute approximate surface area is 182 Å². The fourth-order valence-corrected chi connectivity index (χ4v) is 3.77. The van der Waals surface area contributed by atoms with Gasteiger partial charge in [-0.25, -0.2) is 9.67 Å².